The summed E-state index contributed by atoms with van der Waals surface area (Å²) in [6, 6.07) is 18.0. The topological polar surface area (TPSA) is 95.9 Å². The fourth-order valence-corrected chi connectivity index (χ4v) is 4.40. The van der Waals surface area contributed by atoms with Gasteiger partial charge in [0.1, 0.15) is 6.61 Å². The van der Waals surface area contributed by atoms with Gasteiger partial charge < -0.3 is 20.3 Å². The van der Waals surface area contributed by atoms with Crippen molar-refractivity contribution in [2.45, 2.75) is 44.8 Å². The number of hydrogen-bond acceptors (Lipinski definition) is 5. The molecule has 0 aliphatic heterocycles. The van der Waals surface area contributed by atoms with Crippen LogP contribution in [0.4, 0.5) is 0 Å². The summed E-state index contributed by atoms with van der Waals surface area (Å²) in [6.45, 7) is -0.800. The highest BCUT2D eigenvalue weighted by molar-refractivity contribution is 5.88. The molecule has 6 nitrogen and oxygen atoms in total. The van der Waals surface area contributed by atoms with Crippen molar-refractivity contribution in [3.63, 3.8) is 0 Å². The van der Waals surface area contributed by atoms with Crippen LogP contribution >= 0.6 is 0 Å². The number of amides is 1. The first-order valence-corrected chi connectivity index (χ1v) is 10.9. The van der Waals surface area contributed by atoms with Crippen molar-refractivity contribution in [1.82, 2.24) is 5.32 Å². The summed E-state index contributed by atoms with van der Waals surface area (Å²) >= 11 is 0. The first-order chi connectivity index (χ1) is 15.1. The van der Waals surface area contributed by atoms with Gasteiger partial charge in [-0.2, -0.15) is 0 Å². The van der Waals surface area contributed by atoms with Gasteiger partial charge in [0.25, 0.3) is 0 Å². The Bertz CT molecular complexity index is 842. The fraction of sp³-hybridized carbons (Fsp3) is 0.440. The van der Waals surface area contributed by atoms with Crippen molar-refractivity contribution in [1.29, 1.82) is 0 Å². The Labute approximate surface area is 183 Å². The summed E-state index contributed by atoms with van der Waals surface area (Å²) in [4.78, 5) is 25.8. The molecule has 31 heavy (non-hydrogen) atoms. The summed E-state index contributed by atoms with van der Waals surface area (Å²) in [5.74, 6) is -1.14. The summed E-state index contributed by atoms with van der Waals surface area (Å²) in [7, 11) is 0. The van der Waals surface area contributed by atoms with E-state index in [0.29, 0.717) is 12.8 Å². The van der Waals surface area contributed by atoms with Crippen LogP contribution in [0.2, 0.25) is 0 Å². The Morgan fingerprint density at radius 1 is 1.00 bits per heavy atom. The van der Waals surface area contributed by atoms with Crippen LogP contribution in [0.25, 0.3) is 0 Å². The van der Waals surface area contributed by atoms with Gasteiger partial charge in [0, 0.05) is 0 Å². The van der Waals surface area contributed by atoms with Gasteiger partial charge in [-0.1, -0.05) is 73.5 Å². The van der Waals surface area contributed by atoms with Gasteiger partial charge in [0.15, 0.2) is 6.04 Å². The number of rotatable bonds is 9. The smallest absolute Gasteiger partial charge is 0.331 e. The molecule has 2 unspecified atom stereocenters. The van der Waals surface area contributed by atoms with E-state index < -0.39 is 29.9 Å². The van der Waals surface area contributed by atoms with Gasteiger partial charge in [0.05, 0.1) is 18.6 Å². The average Bonchev–Trinajstić information content (AvgIpc) is 2.82. The predicted octanol–water partition coefficient (Wildman–Crippen LogP) is 2.62. The first-order valence-electron chi connectivity index (χ1n) is 10.9. The van der Waals surface area contributed by atoms with E-state index >= 15 is 0 Å². The molecular weight excluding hydrogens is 394 g/mol. The molecule has 1 fully saturated rings. The second-order valence-electron chi connectivity index (χ2n) is 8.25. The summed E-state index contributed by atoms with van der Waals surface area (Å²) in [5, 5.41) is 22.7. The molecule has 6 heteroatoms. The maximum absolute atomic E-state index is 13.3. The molecule has 3 N–H and O–H groups in total. The Kier molecular flexibility index (Phi) is 8.20. The lowest BCUT2D eigenvalue weighted by atomic mass is 9.64. The number of ether oxygens (including phenoxy) is 1. The highest BCUT2D eigenvalue weighted by Crippen LogP contribution is 2.43. The van der Waals surface area contributed by atoms with Gasteiger partial charge >= 0.3 is 5.97 Å². The van der Waals surface area contributed by atoms with E-state index in [9.17, 15) is 19.8 Å². The highest BCUT2D eigenvalue weighted by Gasteiger charge is 2.47. The Morgan fingerprint density at radius 2 is 1.65 bits per heavy atom. The molecule has 2 aromatic carbocycles. The number of carbonyl (C=O) groups excluding carboxylic acids is 2. The van der Waals surface area contributed by atoms with Gasteiger partial charge in [-0.15, -0.1) is 0 Å². The largest absolute Gasteiger partial charge is 0.459 e. The normalized spacial score (nSPS) is 21.8. The molecule has 1 aliphatic carbocycles. The maximum atomic E-state index is 13.3. The summed E-state index contributed by atoms with van der Waals surface area (Å²) in [6.07, 6.45) is 3.88. The number of nitrogens with one attached hydrogen (secondary N) is 1. The minimum absolute atomic E-state index is 0.0478. The number of esters is 1. The number of benzene rings is 2. The van der Waals surface area contributed by atoms with Crippen LogP contribution in [0.5, 0.6) is 0 Å². The fourth-order valence-electron chi connectivity index (χ4n) is 4.40. The minimum atomic E-state index is -1.17. The van der Waals surface area contributed by atoms with Crippen LogP contribution in [0, 0.1) is 11.3 Å². The molecule has 0 bridgehead atoms. The Morgan fingerprint density at radius 3 is 2.26 bits per heavy atom. The van der Waals surface area contributed by atoms with Crippen LogP contribution in [0.1, 0.15) is 36.8 Å². The van der Waals surface area contributed by atoms with Crippen molar-refractivity contribution in [2.75, 3.05) is 13.2 Å². The monoisotopic (exact) mass is 425 g/mol. The van der Waals surface area contributed by atoms with Crippen LogP contribution in [0.15, 0.2) is 60.7 Å². The molecule has 0 radical (unpaired) electrons. The van der Waals surface area contributed by atoms with Crippen LogP contribution in [-0.4, -0.2) is 41.3 Å². The summed E-state index contributed by atoms with van der Waals surface area (Å²) < 4.78 is 5.28. The zero-order valence-electron chi connectivity index (χ0n) is 17.7. The Balaban J connectivity index is 1.68. The van der Waals surface area contributed by atoms with Crippen molar-refractivity contribution >= 4 is 11.9 Å². The van der Waals surface area contributed by atoms with Gasteiger partial charge in [0.2, 0.25) is 5.91 Å². The highest BCUT2D eigenvalue weighted by atomic mass is 16.5. The molecule has 3 rings (SSSR count). The lowest BCUT2D eigenvalue weighted by molar-refractivity contribution is -0.154. The zero-order chi connectivity index (χ0) is 22.1. The quantitative estimate of drug-likeness (QED) is 0.537. The number of aliphatic hydroxyl groups is 2. The molecule has 0 saturated heterocycles. The van der Waals surface area contributed by atoms with Gasteiger partial charge in [-0.05, 0) is 36.3 Å². The molecule has 0 spiro atoms. The lowest BCUT2D eigenvalue weighted by Crippen LogP contribution is -2.55. The number of carbonyl (C=O) groups is 2. The van der Waals surface area contributed by atoms with Crippen molar-refractivity contribution in [2.24, 2.45) is 11.3 Å². The molecule has 2 aromatic rings. The van der Waals surface area contributed by atoms with E-state index in [1.54, 1.807) is 0 Å². The van der Waals surface area contributed by atoms with E-state index in [1.807, 2.05) is 60.7 Å². The van der Waals surface area contributed by atoms with Crippen LogP contribution in [0.3, 0.4) is 0 Å². The standard InChI is InChI=1S/C25H31NO5/c27-16-22(23(29)31-17-20-11-5-2-6-12-20)26-24(30)25(18-28)14-8-7-13-21(25)15-19-9-3-1-4-10-19/h1-6,9-12,21-22,27-28H,7-8,13-18H2,(H,26,30)/t21?,22-,25?/m0/s1. The molecule has 166 valence electrons. The first kappa shape index (κ1) is 23.0. The zero-order valence-corrected chi connectivity index (χ0v) is 17.7. The van der Waals surface area contributed by atoms with Crippen LogP contribution in [-0.2, 0) is 27.4 Å². The second-order valence-corrected chi connectivity index (χ2v) is 8.25. The van der Waals surface area contributed by atoms with Crippen molar-refractivity contribution in [3.05, 3.63) is 71.8 Å². The van der Waals surface area contributed by atoms with E-state index in [2.05, 4.69) is 5.32 Å². The average molecular weight is 426 g/mol. The van der Waals surface area contributed by atoms with E-state index in [4.69, 9.17) is 4.74 Å². The minimum Gasteiger partial charge on any atom is -0.459 e. The molecule has 1 amide bonds. The number of hydrogen-bond donors (Lipinski definition) is 3. The van der Waals surface area contributed by atoms with Gasteiger partial charge in [-0.25, -0.2) is 4.79 Å². The molecule has 1 saturated carbocycles. The Hall–Kier alpha value is -2.70. The van der Waals surface area contributed by atoms with Crippen molar-refractivity contribution in [3.8, 4) is 0 Å². The molecule has 0 aromatic heterocycles. The lowest BCUT2D eigenvalue weighted by Gasteiger charge is -2.42. The third-order valence-corrected chi connectivity index (χ3v) is 6.26. The second kappa shape index (κ2) is 11.1. The van der Waals surface area contributed by atoms with Gasteiger partial charge in [-0.3, -0.25) is 4.79 Å². The van der Waals surface area contributed by atoms with Crippen molar-refractivity contribution < 1.29 is 24.5 Å². The maximum Gasteiger partial charge on any atom is 0.331 e. The number of aliphatic hydroxyl groups excluding tert-OH is 2. The van der Waals surface area contributed by atoms with Crippen LogP contribution < -0.4 is 5.32 Å². The van der Waals surface area contributed by atoms with E-state index in [-0.39, 0.29) is 19.1 Å². The molecule has 3 atom stereocenters. The molecule has 1 aliphatic rings. The molecular formula is C25H31NO5. The predicted molar refractivity (Wildman–Crippen MR) is 117 cm³/mol. The SMILES string of the molecule is O=C(OCc1ccccc1)[C@H](CO)NC(=O)C1(CO)CCCCC1Cc1ccccc1. The third kappa shape index (κ3) is 5.71. The van der Waals surface area contributed by atoms with E-state index in [1.165, 1.54) is 0 Å². The summed E-state index contributed by atoms with van der Waals surface area (Å²) in [5.41, 5.74) is 0.947. The third-order valence-electron chi connectivity index (χ3n) is 6.26. The van der Waals surface area contributed by atoms with E-state index in [0.717, 1.165) is 30.4 Å². The molecule has 0 heterocycles.